The second kappa shape index (κ2) is 4.26. The third-order valence-electron chi connectivity index (χ3n) is 3.52. The molecule has 0 saturated carbocycles. The predicted molar refractivity (Wildman–Crippen MR) is 68.6 cm³/mol. The Morgan fingerprint density at radius 3 is 2.83 bits per heavy atom. The molecule has 1 aromatic heterocycles. The van der Waals surface area contributed by atoms with Crippen molar-refractivity contribution in [1.29, 1.82) is 0 Å². The zero-order chi connectivity index (χ0) is 12.8. The summed E-state index contributed by atoms with van der Waals surface area (Å²) in [4.78, 5) is 3.96. The number of ether oxygens (including phenoxy) is 1. The van der Waals surface area contributed by atoms with Gasteiger partial charge < -0.3 is 4.74 Å². The minimum Gasteiger partial charge on any atom is -0.381 e. The van der Waals surface area contributed by atoms with Gasteiger partial charge in [-0.2, -0.15) is 4.31 Å². The highest BCUT2D eigenvalue weighted by molar-refractivity contribution is 9.10. The minimum atomic E-state index is -3.48. The van der Waals surface area contributed by atoms with E-state index in [0.717, 1.165) is 13.0 Å². The molecule has 0 N–H and O–H groups in total. The van der Waals surface area contributed by atoms with Crippen LogP contribution in [0, 0.1) is 5.41 Å². The molecule has 98 valence electrons. The first-order valence-electron chi connectivity index (χ1n) is 5.72. The summed E-state index contributed by atoms with van der Waals surface area (Å²) in [6, 6.07) is 3.39. The Morgan fingerprint density at radius 1 is 1.44 bits per heavy atom. The molecule has 2 aliphatic heterocycles. The zero-order valence-corrected chi connectivity index (χ0v) is 12.1. The van der Waals surface area contributed by atoms with Gasteiger partial charge in [-0.05, 0) is 34.5 Å². The molecule has 0 bridgehead atoms. The van der Waals surface area contributed by atoms with Crippen molar-refractivity contribution in [1.82, 2.24) is 9.29 Å². The molecule has 1 spiro atoms. The van der Waals surface area contributed by atoms with Crippen LogP contribution in [-0.4, -0.2) is 44.0 Å². The van der Waals surface area contributed by atoms with E-state index >= 15 is 0 Å². The van der Waals surface area contributed by atoms with Gasteiger partial charge in [-0.15, -0.1) is 0 Å². The fraction of sp³-hybridized carbons (Fsp3) is 0.545. The van der Waals surface area contributed by atoms with Crippen molar-refractivity contribution in [2.24, 2.45) is 5.41 Å². The number of sulfonamides is 1. The van der Waals surface area contributed by atoms with Crippen LogP contribution in [0.5, 0.6) is 0 Å². The van der Waals surface area contributed by atoms with Crippen LogP contribution in [0.15, 0.2) is 27.8 Å². The van der Waals surface area contributed by atoms with Crippen LogP contribution in [-0.2, 0) is 14.8 Å². The minimum absolute atomic E-state index is 0.0499. The number of halogens is 1. The van der Waals surface area contributed by atoms with Gasteiger partial charge in [0.05, 0.1) is 11.1 Å². The average Bonchev–Trinajstić information content (AvgIpc) is 2.76. The van der Waals surface area contributed by atoms with Crippen LogP contribution < -0.4 is 0 Å². The topological polar surface area (TPSA) is 59.5 Å². The van der Waals surface area contributed by atoms with E-state index in [1.165, 1.54) is 10.5 Å². The lowest BCUT2D eigenvalue weighted by molar-refractivity contribution is 0.0510. The smallest absolute Gasteiger partial charge is 0.261 e. The van der Waals surface area contributed by atoms with E-state index in [1.807, 2.05) is 0 Å². The lowest BCUT2D eigenvalue weighted by atomic mass is 9.81. The Kier molecular flexibility index (Phi) is 2.97. The maximum atomic E-state index is 12.4. The summed E-state index contributed by atoms with van der Waals surface area (Å²) in [5, 5.41) is 0.0961. The van der Waals surface area contributed by atoms with E-state index in [4.69, 9.17) is 4.74 Å². The van der Waals surface area contributed by atoms with Crippen LogP contribution in [0.3, 0.4) is 0 Å². The molecular weight excluding hydrogens is 320 g/mol. The highest BCUT2D eigenvalue weighted by Crippen LogP contribution is 2.41. The summed E-state index contributed by atoms with van der Waals surface area (Å²) in [6.45, 7) is 2.49. The summed E-state index contributed by atoms with van der Waals surface area (Å²) in [7, 11) is -3.48. The monoisotopic (exact) mass is 332 g/mol. The maximum Gasteiger partial charge on any atom is 0.261 e. The number of hydrogen-bond acceptors (Lipinski definition) is 4. The highest BCUT2D eigenvalue weighted by atomic mass is 79.9. The van der Waals surface area contributed by atoms with Crippen molar-refractivity contribution >= 4 is 26.0 Å². The van der Waals surface area contributed by atoms with Crippen molar-refractivity contribution in [2.75, 3.05) is 26.3 Å². The number of aromatic nitrogens is 1. The Morgan fingerprint density at radius 2 is 2.22 bits per heavy atom. The van der Waals surface area contributed by atoms with Crippen molar-refractivity contribution in [3.8, 4) is 0 Å². The van der Waals surface area contributed by atoms with E-state index < -0.39 is 10.0 Å². The van der Waals surface area contributed by atoms with Gasteiger partial charge in [0.25, 0.3) is 10.0 Å². The predicted octanol–water partition coefficient (Wildman–Crippen LogP) is 1.26. The van der Waals surface area contributed by atoms with Gasteiger partial charge >= 0.3 is 0 Å². The molecule has 5 nitrogen and oxygen atoms in total. The molecule has 0 radical (unpaired) electrons. The van der Waals surface area contributed by atoms with E-state index in [-0.39, 0.29) is 10.4 Å². The summed E-state index contributed by atoms with van der Waals surface area (Å²) in [5.41, 5.74) is 0.0499. The van der Waals surface area contributed by atoms with Gasteiger partial charge in [0, 0.05) is 31.3 Å². The van der Waals surface area contributed by atoms with Gasteiger partial charge in [0.15, 0.2) is 5.03 Å². The fourth-order valence-electron chi connectivity index (χ4n) is 2.45. The number of rotatable bonds is 2. The summed E-state index contributed by atoms with van der Waals surface area (Å²) >= 11 is 3.24. The first kappa shape index (κ1) is 12.5. The molecule has 7 heteroatoms. The second-order valence-electron chi connectivity index (χ2n) is 4.87. The molecular formula is C11H13BrN2O3S. The van der Waals surface area contributed by atoms with Crippen molar-refractivity contribution in [3.63, 3.8) is 0 Å². The van der Waals surface area contributed by atoms with Gasteiger partial charge in [-0.1, -0.05) is 0 Å². The molecule has 2 aliphatic rings. The first-order valence-corrected chi connectivity index (χ1v) is 7.95. The molecule has 0 aliphatic carbocycles. The maximum absolute atomic E-state index is 12.4. The van der Waals surface area contributed by atoms with Crippen LogP contribution in [0.25, 0.3) is 0 Å². The Balaban J connectivity index is 1.83. The number of hydrogen-bond donors (Lipinski definition) is 0. The van der Waals surface area contributed by atoms with Crippen LogP contribution in [0.2, 0.25) is 0 Å². The summed E-state index contributed by atoms with van der Waals surface area (Å²) < 4.78 is 32.1. The average molecular weight is 333 g/mol. The normalized spacial score (nSPS) is 23.2. The van der Waals surface area contributed by atoms with E-state index in [1.54, 1.807) is 12.1 Å². The van der Waals surface area contributed by atoms with Gasteiger partial charge in [-0.3, -0.25) is 0 Å². The van der Waals surface area contributed by atoms with Crippen LogP contribution >= 0.6 is 15.9 Å². The molecule has 2 fully saturated rings. The molecule has 0 atom stereocenters. The third kappa shape index (κ3) is 1.89. The lowest BCUT2D eigenvalue weighted by Crippen LogP contribution is -2.58. The number of pyridine rings is 1. The lowest BCUT2D eigenvalue weighted by Gasteiger charge is -2.45. The van der Waals surface area contributed by atoms with E-state index in [2.05, 4.69) is 20.9 Å². The Bertz CT molecular complexity index is 561. The van der Waals surface area contributed by atoms with E-state index in [0.29, 0.717) is 24.2 Å². The molecule has 0 unspecified atom stereocenters. The van der Waals surface area contributed by atoms with Crippen molar-refractivity contribution < 1.29 is 13.2 Å². The van der Waals surface area contributed by atoms with Crippen molar-refractivity contribution in [3.05, 3.63) is 22.8 Å². The van der Waals surface area contributed by atoms with Crippen LogP contribution in [0.4, 0.5) is 0 Å². The second-order valence-corrected chi connectivity index (χ2v) is 7.57. The molecule has 0 amide bonds. The molecule has 18 heavy (non-hydrogen) atoms. The van der Waals surface area contributed by atoms with Gasteiger partial charge in [0.1, 0.15) is 0 Å². The first-order chi connectivity index (χ1) is 8.54. The zero-order valence-electron chi connectivity index (χ0n) is 9.67. The molecule has 1 aromatic rings. The Labute approximate surface area is 114 Å². The van der Waals surface area contributed by atoms with Gasteiger partial charge in [-0.25, -0.2) is 13.4 Å². The third-order valence-corrected chi connectivity index (χ3v) is 6.17. The SMILES string of the molecule is O=S(=O)(c1ncccc1Br)N1CC2(CCOC2)C1. The summed E-state index contributed by atoms with van der Waals surface area (Å²) in [6.07, 6.45) is 2.44. The number of nitrogens with zero attached hydrogens (tertiary/aromatic N) is 2. The largest absolute Gasteiger partial charge is 0.381 e. The standard InChI is InChI=1S/C11H13BrN2O3S/c12-9-2-1-4-13-10(9)18(15,16)14-6-11(7-14)3-5-17-8-11/h1-2,4H,3,5-8H2. The quantitative estimate of drug-likeness (QED) is 0.817. The van der Waals surface area contributed by atoms with Gasteiger partial charge in [0.2, 0.25) is 0 Å². The Hall–Kier alpha value is -0.500. The van der Waals surface area contributed by atoms with Crippen molar-refractivity contribution in [2.45, 2.75) is 11.4 Å². The summed E-state index contributed by atoms with van der Waals surface area (Å²) in [5.74, 6) is 0. The van der Waals surface area contributed by atoms with E-state index in [9.17, 15) is 8.42 Å². The fourth-order valence-corrected chi connectivity index (χ4v) is 4.96. The highest BCUT2D eigenvalue weighted by Gasteiger charge is 2.51. The molecule has 2 saturated heterocycles. The molecule has 3 heterocycles. The molecule has 3 rings (SSSR count). The van der Waals surface area contributed by atoms with Crippen LogP contribution in [0.1, 0.15) is 6.42 Å². The molecule has 0 aromatic carbocycles.